The molecule has 1 heterocycles. The first-order chi connectivity index (χ1) is 14.6. The van der Waals surface area contributed by atoms with Crippen LogP contribution in [0.2, 0.25) is 0 Å². The smallest absolute Gasteiger partial charge is 0.203 e. The van der Waals surface area contributed by atoms with Gasteiger partial charge in [0.15, 0.2) is 11.5 Å². The molecule has 0 spiro atoms. The molecule has 1 aliphatic rings. The van der Waals surface area contributed by atoms with Crippen LogP contribution < -0.4 is 24.3 Å². The molecule has 164 valence electrons. The number of ether oxygens (including phenoxy) is 4. The number of halogens is 1. The number of hydrogen-bond acceptors (Lipinski definition) is 6. The summed E-state index contributed by atoms with van der Waals surface area (Å²) in [6, 6.07) is 10.3. The molecule has 1 aliphatic heterocycles. The Morgan fingerprint density at radius 2 is 1.70 bits per heavy atom. The van der Waals surface area contributed by atoms with E-state index in [4.69, 9.17) is 18.9 Å². The van der Waals surface area contributed by atoms with Gasteiger partial charge < -0.3 is 24.3 Å². The first-order valence-corrected chi connectivity index (χ1v) is 11.1. The second-order valence-electron chi connectivity index (χ2n) is 7.12. The van der Waals surface area contributed by atoms with Gasteiger partial charge in [-0.1, -0.05) is 15.9 Å². The van der Waals surface area contributed by atoms with Crippen LogP contribution in [0.15, 0.2) is 34.8 Å². The van der Waals surface area contributed by atoms with E-state index in [0.717, 1.165) is 53.9 Å². The summed E-state index contributed by atoms with van der Waals surface area (Å²) in [5.41, 5.74) is 2.19. The average Bonchev–Trinajstić information content (AvgIpc) is 3.04. The van der Waals surface area contributed by atoms with E-state index in [1.54, 1.807) is 21.3 Å². The van der Waals surface area contributed by atoms with Crippen molar-refractivity contribution in [1.29, 1.82) is 0 Å². The van der Waals surface area contributed by atoms with Gasteiger partial charge >= 0.3 is 0 Å². The quantitative estimate of drug-likeness (QED) is 0.611. The van der Waals surface area contributed by atoms with Gasteiger partial charge in [0.1, 0.15) is 5.75 Å². The summed E-state index contributed by atoms with van der Waals surface area (Å²) >= 11 is 3.65. The highest BCUT2D eigenvalue weighted by molar-refractivity contribution is 9.10. The van der Waals surface area contributed by atoms with Crippen LogP contribution in [0.4, 0.5) is 0 Å². The van der Waals surface area contributed by atoms with Gasteiger partial charge in [-0.2, -0.15) is 0 Å². The maximum atomic E-state index is 6.02. The van der Waals surface area contributed by atoms with Gasteiger partial charge in [0.05, 0.1) is 34.0 Å². The van der Waals surface area contributed by atoms with E-state index in [2.05, 4.69) is 32.2 Å². The van der Waals surface area contributed by atoms with E-state index in [1.165, 1.54) is 0 Å². The van der Waals surface area contributed by atoms with Crippen molar-refractivity contribution in [2.45, 2.75) is 19.4 Å². The van der Waals surface area contributed by atoms with Crippen molar-refractivity contribution in [3.05, 3.63) is 45.9 Å². The van der Waals surface area contributed by atoms with Crippen LogP contribution in [0.5, 0.6) is 23.0 Å². The standard InChI is InChI=1S/C23H31BrN2O4/c1-5-30-19-8-7-17(24)15-18(19)22(26-11-6-9-25-10-12-26)16-13-20(27-2)23(29-4)21(14-16)28-3/h7-8,13-15,22,25H,5-6,9-12H2,1-4H3. The predicted molar refractivity (Wildman–Crippen MR) is 122 cm³/mol. The van der Waals surface area contributed by atoms with E-state index in [0.29, 0.717) is 23.9 Å². The molecule has 1 atom stereocenters. The molecule has 0 aromatic heterocycles. The number of benzene rings is 2. The summed E-state index contributed by atoms with van der Waals surface area (Å²) in [4.78, 5) is 2.49. The van der Waals surface area contributed by atoms with Gasteiger partial charge in [-0.05, 0) is 55.8 Å². The third-order valence-corrected chi connectivity index (χ3v) is 5.80. The Kier molecular flexibility index (Phi) is 8.24. The summed E-state index contributed by atoms with van der Waals surface area (Å²) in [6.45, 7) is 6.49. The van der Waals surface area contributed by atoms with Crippen molar-refractivity contribution in [1.82, 2.24) is 10.2 Å². The Bertz CT molecular complexity index is 813. The highest BCUT2D eigenvalue weighted by Gasteiger charge is 2.28. The molecular weight excluding hydrogens is 448 g/mol. The van der Waals surface area contributed by atoms with Crippen LogP contribution >= 0.6 is 15.9 Å². The lowest BCUT2D eigenvalue weighted by Gasteiger charge is -2.33. The average molecular weight is 479 g/mol. The topological polar surface area (TPSA) is 52.2 Å². The second kappa shape index (κ2) is 10.9. The molecule has 6 nitrogen and oxygen atoms in total. The largest absolute Gasteiger partial charge is 0.494 e. The molecule has 0 aliphatic carbocycles. The SMILES string of the molecule is CCOc1ccc(Br)cc1C(c1cc(OC)c(OC)c(OC)c1)N1CCCNCC1. The molecule has 0 saturated carbocycles. The molecule has 1 unspecified atom stereocenters. The number of hydrogen-bond donors (Lipinski definition) is 1. The van der Waals surface area contributed by atoms with Gasteiger partial charge in [0, 0.05) is 29.7 Å². The zero-order valence-electron chi connectivity index (χ0n) is 18.2. The number of rotatable bonds is 8. The van der Waals surface area contributed by atoms with Gasteiger partial charge in [0.25, 0.3) is 0 Å². The van der Waals surface area contributed by atoms with E-state index in [1.807, 2.05) is 31.2 Å². The minimum Gasteiger partial charge on any atom is -0.494 e. The molecule has 0 radical (unpaired) electrons. The van der Waals surface area contributed by atoms with Crippen LogP contribution in [-0.2, 0) is 0 Å². The number of nitrogens with one attached hydrogen (secondary N) is 1. The lowest BCUT2D eigenvalue weighted by molar-refractivity contribution is 0.231. The summed E-state index contributed by atoms with van der Waals surface area (Å²) < 4.78 is 23.9. The van der Waals surface area contributed by atoms with E-state index < -0.39 is 0 Å². The summed E-state index contributed by atoms with van der Waals surface area (Å²) in [5.74, 6) is 2.78. The van der Waals surface area contributed by atoms with Crippen molar-refractivity contribution in [2.75, 3.05) is 54.1 Å². The van der Waals surface area contributed by atoms with Gasteiger partial charge in [-0.15, -0.1) is 0 Å². The first-order valence-electron chi connectivity index (χ1n) is 10.3. The second-order valence-corrected chi connectivity index (χ2v) is 8.03. The molecule has 1 N–H and O–H groups in total. The van der Waals surface area contributed by atoms with E-state index in [9.17, 15) is 0 Å². The van der Waals surface area contributed by atoms with E-state index >= 15 is 0 Å². The maximum Gasteiger partial charge on any atom is 0.203 e. The van der Waals surface area contributed by atoms with Crippen LogP contribution in [0.1, 0.15) is 30.5 Å². The maximum absolute atomic E-state index is 6.02. The zero-order chi connectivity index (χ0) is 21.5. The first kappa shape index (κ1) is 22.7. The molecule has 2 aromatic rings. The van der Waals surface area contributed by atoms with Crippen LogP contribution in [0, 0.1) is 0 Å². The molecule has 7 heteroatoms. The van der Waals surface area contributed by atoms with Crippen LogP contribution in [-0.4, -0.2) is 59.0 Å². The third-order valence-electron chi connectivity index (χ3n) is 5.31. The Labute approximate surface area is 187 Å². The minimum atomic E-state index is -0.0161. The Hall–Kier alpha value is -1.96. The van der Waals surface area contributed by atoms with Crippen molar-refractivity contribution in [3.63, 3.8) is 0 Å². The van der Waals surface area contributed by atoms with Crippen molar-refractivity contribution >= 4 is 15.9 Å². The Morgan fingerprint density at radius 1 is 0.967 bits per heavy atom. The fraction of sp³-hybridized carbons (Fsp3) is 0.478. The lowest BCUT2D eigenvalue weighted by atomic mass is 9.95. The van der Waals surface area contributed by atoms with Gasteiger partial charge in [0.2, 0.25) is 5.75 Å². The lowest BCUT2D eigenvalue weighted by Crippen LogP contribution is -2.33. The van der Waals surface area contributed by atoms with Gasteiger partial charge in [-0.25, -0.2) is 0 Å². The summed E-state index contributed by atoms with van der Waals surface area (Å²) in [5, 5.41) is 3.50. The molecule has 2 aromatic carbocycles. The molecule has 3 rings (SSSR count). The normalized spacial score (nSPS) is 15.9. The van der Waals surface area contributed by atoms with Crippen molar-refractivity contribution in [2.24, 2.45) is 0 Å². The van der Waals surface area contributed by atoms with Crippen molar-refractivity contribution in [3.8, 4) is 23.0 Å². The highest BCUT2D eigenvalue weighted by atomic mass is 79.9. The molecule has 30 heavy (non-hydrogen) atoms. The number of nitrogens with zero attached hydrogens (tertiary/aromatic N) is 1. The molecule has 1 saturated heterocycles. The monoisotopic (exact) mass is 478 g/mol. The molecular formula is C23H31BrN2O4. The minimum absolute atomic E-state index is 0.0161. The van der Waals surface area contributed by atoms with E-state index in [-0.39, 0.29) is 6.04 Å². The summed E-state index contributed by atoms with van der Waals surface area (Å²) in [7, 11) is 4.92. The van der Waals surface area contributed by atoms with Gasteiger partial charge in [-0.3, -0.25) is 4.90 Å². The Morgan fingerprint density at radius 3 is 2.33 bits per heavy atom. The third kappa shape index (κ3) is 5.02. The fourth-order valence-corrected chi connectivity index (χ4v) is 4.37. The predicted octanol–water partition coefficient (Wildman–Crippen LogP) is 4.26. The molecule has 0 amide bonds. The highest BCUT2D eigenvalue weighted by Crippen LogP contribution is 2.44. The van der Waals surface area contributed by atoms with Crippen LogP contribution in [0.3, 0.4) is 0 Å². The fourth-order valence-electron chi connectivity index (χ4n) is 3.99. The van der Waals surface area contributed by atoms with Crippen molar-refractivity contribution < 1.29 is 18.9 Å². The molecule has 1 fully saturated rings. The molecule has 0 bridgehead atoms. The zero-order valence-corrected chi connectivity index (χ0v) is 19.8. The summed E-state index contributed by atoms with van der Waals surface area (Å²) in [6.07, 6.45) is 1.08. The van der Waals surface area contributed by atoms with Crippen LogP contribution in [0.25, 0.3) is 0 Å². The Balaban J connectivity index is 2.19. The number of methoxy groups -OCH3 is 3.